The molecule has 0 bridgehead atoms. The number of rotatable bonds is 5. The van der Waals surface area contributed by atoms with Gasteiger partial charge < -0.3 is 10.1 Å². The molecule has 22 heavy (non-hydrogen) atoms. The third-order valence-electron chi connectivity index (χ3n) is 3.80. The van der Waals surface area contributed by atoms with Crippen LogP contribution in [0.3, 0.4) is 0 Å². The molecule has 0 heterocycles. The first-order valence-electron chi connectivity index (χ1n) is 7.45. The summed E-state index contributed by atoms with van der Waals surface area (Å²) in [6, 6.07) is 2.55. The molecule has 1 aliphatic carbocycles. The minimum Gasteiger partial charge on any atom is -0.452 e. The van der Waals surface area contributed by atoms with Gasteiger partial charge >= 0.3 is 5.97 Å². The average Bonchev–Trinajstić information content (AvgIpc) is 2.51. The summed E-state index contributed by atoms with van der Waals surface area (Å²) < 4.78 is 30.9. The molecule has 1 fully saturated rings. The fraction of sp³-hybridized carbons (Fsp3) is 0.500. The molecule has 0 unspecified atom stereocenters. The van der Waals surface area contributed by atoms with E-state index in [2.05, 4.69) is 5.32 Å². The van der Waals surface area contributed by atoms with E-state index in [0.717, 1.165) is 25.0 Å². The van der Waals surface area contributed by atoms with E-state index in [0.29, 0.717) is 18.5 Å². The van der Waals surface area contributed by atoms with Crippen LogP contribution in [0.15, 0.2) is 18.2 Å². The molecule has 0 saturated heterocycles. The Hall–Kier alpha value is -1.98. The summed E-state index contributed by atoms with van der Waals surface area (Å²) in [6.45, 7) is 0.101. The van der Waals surface area contributed by atoms with E-state index in [9.17, 15) is 18.4 Å². The first kappa shape index (κ1) is 16.4. The Bertz CT molecular complexity index is 542. The highest BCUT2D eigenvalue weighted by Crippen LogP contribution is 2.22. The van der Waals surface area contributed by atoms with Gasteiger partial charge in [-0.05, 0) is 30.9 Å². The van der Waals surface area contributed by atoms with Gasteiger partial charge in [-0.2, -0.15) is 0 Å². The Balaban J connectivity index is 1.74. The van der Waals surface area contributed by atoms with Crippen LogP contribution in [0.4, 0.5) is 8.78 Å². The lowest BCUT2D eigenvalue weighted by Gasteiger charge is -2.21. The Labute approximate surface area is 127 Å². The smallest absolute Gasteiger partial charge is 0.341 e. The molecule has 1 N–H and O–H groups in total. The van der Waals surface area contributed by atoms with Gasteiger partial charge in [0.1, 0.15) is 11.6 Å². The molecule has 1 amide bonds. The van der Waals surface area contributed by atoms with Crippen molar-refractivity contribution in [3.05, 3.63) is 35.4 Å². The SMILES string of the molecule is O=C(COC(=O)c1ccc(F)cc1F)NCC1CCCCC1. The Morgan fingerprint density at radius 2 is 1.91 bits per heavy atom. The number of carbonyl (C=O) groups excluding carboxylic acids is 2. The third kappa shape index (κ3) is 4.79. The second-order valence-corrected chi connectivity index (χ2v) is 5.51. The van der Waals surface area contributed by atoms with Crippen LogP contribution in [0.5, 0.6) is 0 Å². The maximum atomic E-state index is 13.4. The van der Waals surface area contributed by atoms with Gasteiger partial charge in [-0.25, -0.2) is 13.6 Å². The van der Waals surface area contributed by atoms with E-state index in [1.54, 1.807) is 0 Å². The van der Waals surface area contributed by atoms with Crippen molar-refractivity contribution in [2.75, 3.05) is 13.2 Å². The van der Waals surface area contributed by atoms with Gasteiger partial charge in [0.15, 0.2) is 6.61 Å². The third-order valence-corrected chi connectivity index (χ3v) is 3.80. The van der Waals surface area contributed by atoms with Crippen LogP contribution in [-0.2, 0) is 9.53 Å². The minimum absolute atomic E-state index is 0.388. The average molecular weight is 311 g/mol. The zero-order valence-corrected chi connectivity index (χ0v) is 12.2. The van der Waals surface area contributed by atoms with Gasteiger partial charge in [-0.3, -0.25) is 4.79 Å². The molecule has 0 atom stereocenters. The van der Waals surface area contributed by atoms with E-state index in [-0.39, 0.29) is 5.56 Å². The molecule has 0 spiro atoms. The monoisotopic (exact) mass is 311 g/mol. The second kappa shape index (κ2) is 7.87. The summed E-state index contributed by atoms with van der Waals surface area (Å²) in [4.78, 5) is 23.2. The zero-order valence-electron chi connectivity index (χ0n) is 12.2. The molecule has 1 saturated carbocycles. The van der Waals surface area contributed by atoms with Crippen LogP contribution in [0, 0.1) is 17.6 Å². The van der Waals surface area contributed by atoms with E-state index >= 15 is 0 Å². The quantitative estimate of drug-likeness (QED) is 0.851. The van der Waals surface area contributed by atoms with Crippen molar-refractivity contribution in [1.82, 2.24) is 5.32 Å². The number of nitrogens with one attached hydrogen (secondary N) is 1. The summed E-state index contributed by atoms with van der Waals surface area (Å²) in [5.41, 5.74) is -0.388. The van der Waals surface area contributed by atoms with Gasteiger partial charge in [-0.15, -0.1) is 0 Å². The minimum atomic E-state index is -1.01. The van der Waals surface area contributed by atoms with Gasteiger partial charge in [0.05, 0.1) is 5.56 Å². The van der Waals surface area contributed by atoms with Crippen LogP contribution in [-0.4, -0.2) is 25.0 Å². The molecular weight excluding hydrogens is 292 g/mol. The highest BCUT2D eigenvalue weighted by molar-refractivity contribution is 5.91. The predicted octanol–water partition coefficient (Wildman–Crippen LogP) is 2.82. The number of halogens is 2. The molecular formula is C16H19F2NO3. The van der Waals surface area contributed by atoms with Gasteiger partial charge in [0.25, 0.3) is 5.91 Å². The maximum Gasteiger partial charge on any atom is 0.341 e. The Morgan fingerprint density at radius 1 is 1.18 bits per heavy atom. The van der Waals surface area contributed by atoms with Crippen LogP contribution < -0.4 is 5.32 Å². The number of benzene rings is 1. The summed E-state index contributed by atoms with van der Waals surface area (Å²) in [5, 5.41) is 2.71. The summed E-state index contributed by atoms with van der Waals surface area (Å²) in [7, 11) is 0. The molecule has 0 radical (unpaired) electrons. The molecule has 4 nitrogen and oxygen atoms in total. The molecule has 120 valence electrons. The molecule has 1 aliphatic rings. The van der Waals surface area contributed by atoms with Gasteiger partial charge in [-0.1, -0.05) is 19.3 Å². The maximum absolute atomic E-state index is 13.4. The molecule has 1 aromatic carbocycles. The van der Waals surface area contributed by atoms with Gasteiger partial charge in [0, 0.05) is 12.6 Å². The van der Waals surface area contributed by atoms with Crippen LogP contribution >= 0.6 is 0 Å². The number of carbonyl (C=O) groups is 2. The van der Waals surface area contributed by atoms with Crippen LogP contribution in [0.2, 0.25) is 0 Å². The summed E-state index contributed by atoms with van der Waals surface area (Å²) in [6.07, 6.45) is 5.80. The number of esters is 1. The number of hydrogen-bond acceptors (Lipinski definition) is 3. The summed E-state index contributed by atoms with van der Waals surface area (Å²) >= 11 is 0. The fourth-order valence-corrected chi connectivity index (χ4v) is 2.56. The standard InChI is InChI=1S/C16H19F2NO3/c17-12-6-7-13(14(18)8-12)16(21)22-10-15(20)19-9-11-4-2-1-3-5-11/h6-8,11H,1-5,9-10H2,(H,19,20). The zero-order chi connectivity index (χ0) is 15.9. The van der Waals surface area contributed by atoms with Crippen LogP contribution in [0.25, 0.3) is 0 Å². The largest absolute Gasteiger partial charge is 0.452 e. The van der Waals surface area contributed by atoms with Crippen molar-refractivity contribution in [3.8, 4) is 0 Å². The highest BCUT2D eigenvalue weighted by atomic mass is 19.1. The van der Waals surface area contributed by atoms with Crippen molar-refractivity contribution >= 4 is 11.9 Å². The van der Waals surface area contributed by atoms with E-state index in [4.69, 9.17) is 4.74 Å². The lowest BCUT2D eigenvalue weighted by Crippen LogP contribution is -2.33. The predicted molar refractivity (Wildman–Crippen MR) is 76.2 cm³/mol. The first-order chi connectivity index (χ1) is 10.6. The fourth-order valence-electron chi connectivity index (χ4n) is 2.56. The Morgan fingerprint density at radius 3 is 2.59 bits per heavy atom. The molecule has 6 heteroatoms. The normalized spacial score (nSPS) is 15.4. The van der Waals surface area contributed by atoms with Crippen molar-refractivity contribution in [1.29, 1.82) is 0 Å². The second-order valence-electron chi connectivity index (χ2n) is 5.51. The van der Waals surface area contributed by atoms with E-state index in [1.807, 2.05) is 0 Å². The lowest BCUT2D eigenvalue weighted by atomic mass is 9.89. The molecule has 2 rings (SSSR count). The number of hydrogen-bond donors (Lipinski definition) is 1. The van der Waals surface area contributed by atoms with E-state index in [1.165, 1.54) is 19.3 Å². The van der Waals surface area contributed by atoms with Crippen molar-refractivity contribution in [3.63, 3.8) is 0 Å². The van der Waals surface area contributed by atoms with Crippen LogP contribution in [0.1, 0.15) is 42.5 Å². The van der Waals surface area contributed by atoms with Crippen molar-refractivity contribution in [2.45, 2.75) is 32.1 Å². The number of amides is 1. The van der Waals surface area contributed by atoms with Crippen molar-refractivity contribution < 1.29 is 23.1 Å². The first-order valence-corrected chi connectivity index (χ1v) is 7.45. The highest BCUT2D eigenvalue weighted by Gasteiger charge is 2.17. The van der Waals surface area contributed by atoms with Gasteiger partial charge in [0.2, 0.25) is 0 Å². The topological polar surface area (TPSA) is 55.4 Å². The molecule has 0 aliphatic heterocycles. The molecule has 1 aromatic rings. The number of ether oxygens (including phenoxy) is 1. The van der Waals surface area contributed by atoms with Crippen molar-refractivity contribution in [2.24, 2.45) is 5.92 Å². The summed E-state index contributed by atoms with van der Waals surface area (Å²) in [5.74, 6) is -2.71. The Kier molecular flexibility index (Phi) is 5.86. The lowest BCUT2D eigenvalue weighted by molar-refractivity contribution is -0.124. The van der Waals surface area contributed by atoms with E-state index < -0.39 is 30.1 Å². The molecule has 0 aromatic heterocycles.